The number of hydrogen-bond acceptors (Lipinski definition) is 2. The van der Waals surface area contributed by atoms with Gasteiger partial charge in [0.15, 0.2) is 0 Å². The fraction of sp³-hybridized carbons (Fsp3) is 0.714. The highest BCUT2D eigenvalue weighted by molar-refractivity contribution is 5.36. The molecule has 3 heteroatoms. The second kappa shape index (κ2) is 9.19. The van der Waals surface area contributed by atoms with Crippen LogP contribution in [0.15, 0.2) is 24.3 Å². The number of benzene rings is 1. The first-order chi connectivity index (χ1) is 11.2. The summed E-state index contributed by atoms with van der Waals surface area (Å²) in [4.78, 5) is 10.5. The minimum absolute atomic E-state index is 0.00958. The first-order valence-corrected chi connectivity index (χ1v) is 9.47. The maximum Gasteiger partial charge on any atom is 0.269 e. The Hall–Kier alpha value is -1.38. The average Bonchev–Trinajstić information content (AvgIpc) is 2.53. The summed E-state index contributed by atoms with van der Waals surface area (Å²) in [7, 11) is 0. The van der Waals surface area contributed by atoms with Crippen molar-refractivity contribution in [1.82, 2.24) is 0 Å². The van der Waals surface area contributed by atoms with Gasteiger partial charge < -0.3 is 0 Å². The van der Waals surface area contributed by atoms with Crippen LogP contribution in [0.2, 0.25) is 0 Å². The third kappa shape index (κ3) is 5.61. The molecule has 0 saturated carbocycles. The van der Waals surface area contributed by atoms with E-state index in [0.717, 1.165) is 0 Å². The number of rotatable bonds is 11. The smallest absolute Gasteiger partial charge is 0.258 e. The van der Waals surface area contributed by atoms with Crippen molar-refractivity contribution in [2.45, 2.75) is 91.4 Å². The number of non-ortho nitro benzene ring substituents is 1. The van der Waals surface area contributed by atoms with Crippen LogP contribution in [0, 0.1) is 15.5 Å². The number of nitro benzene ring substituents is 1. The summed E-state index contributed by atoms with van der Waals surface area (Å²) in [5.74, 6) is 0. The van der Waals surface area contributed by atoms with Crippen LogP contribution in [0.25, 0.3) is 0 Å². The molecule has 0 spiro atoms. The normalized spacial score (nSPS) is 12.4. The lowest BCUT2D eigenvalue weighted by Crippen LogP contribution is -2.36. The minimum Gasteiger partial charge on any atom is -0.258 e. The van der Waals surface area contributed by atoms with E-state index in [4.69, 9.17) is 0 Å². The Bertz CT molecular complexity index is 503. The molecule has 3 nitrogen and oxygen atoms in total. The Labute approximate surface area is 148 Å². The lowest BCUT2D eigenvalue weighted by Gasteiger charge is -2.42. The largest absolute Gasteiger partial charge is 0.269 e. The zero-order valence-electron chi connectivity index (χ0n) is 16.2. The molecule has 0 aliphatic rings. The van der Waals surface area contributed by atoms with Gasteiger partial charge >= 0.3 is 0 Å². The van der Waals surface area contributed by atoms with Crippen LogP contribution in [0.3, 0.4) is 0 Å². The van der Waals surface area contributed by atoms with Gasteiger partial charge in [-0.1, -0.05) is 91.7 Å². The van der Waals surface area contributed by atoms with Crippen molar-refractivity contribution in [2.75, 3.05) is 0 Å². The molecule has 0 aromatic heterocycles. The second-order valence-corrected chi connectivity index (χ2v) is 8.18. The van der Waals surface area contributed by atoms with Crippen molar-refractivity contribution in [2.24, 2.45) is 5.41 Å². The number of nitro groups is 1. The molecular formula is C21H35NO2. The zero-order valence-corrected chi connectivity index (χ0v) is 16.2. The van der Waals surface area contributed by atoms with Crippen molar-refractivity contribution in [3.05, 3.63) is 39.9 Å². The topological polar surface area (TPSA) is 43.1 Å². The van der Waals surface area contributed by atoms with Crippen molar-refractivity contribution in [1.29, 1.82) is 0 Å². The minimum atomic E-state index is -0.333. The fourth-order valence-electron chi connectivity index (χ4n) is 3.23. The number of nitrogens with zero attached hydrogens (tertiary/aromatic N) is 1. The van der Waals surface area contributed by atoms with Gasteiger partial charge in [0, 0.05) is 12.1 Å². The monoisotopic (exact) mass is 333 g/mol. The Kier molecular flexibility index (Phi) is 7.92. The molecule has 1 aromatic rings. The molecule has 136 valence electrons. The molecule has 0 heterocycles. The molecule has 0 unspecified atom stereocenters. The van der Waals surface area contributed by atoms with Crippen LogP contribution in [0.1, 0.15) is 91.5 Å². The SMILES string of the molecule is CCCCCCCCCC(C)(C)C(C)(C)c1ccc([N+](=O)[O-])cc1. The van der Waals surface area contributed by atoms with Gasteiger partial charge in [0.25, 0.3) is 5.69 Å². The van der Waals surface area contributed by atoms with Crippen molar-refractivity contribution in [3.63, 3.8) is 0 Å². The van der Waals surface area contributed by atoms with E-state index in [0.29, 0.717) is 0 Å². The quantitative estimate of drug-likeness (QED) is 0.247. The van der Waals surface area contributed by atoms with Crippen LogP contribution in [0.5, 0.6) is 0 Å². The van der Waals surface area contributed by atoms with Gasteiger partial charge in [-0.15, -0.1) is 0 Å². The van der Waals surface area contributed by atoms with E-state index >= 15 is 0 Å². The summed E-state index contributed by atoms with van der Waals surface area (Å²) in [6.07, 6.45) is 10.5. The van der Waals surface area contributed by atoms with Crippen LogP contribution in [-0.2, 0) is 5.41 Å². The maximum atomic E-state index is 10.8. The van der Waals surface area contributed by atoms with E-state index in [1.807, 2.05) is 12.1 Å². The summed E-state index contributed by atoms with van der Waals surface area (Å²) in [5, 5.41) is 10.8. The van der Waals surface area contributed by atoms with E-state index < -0.39 is 0 Å². The summed E-state index contributed by atoms with van der Waals surface area (Å²) < 4.78 is 0. The van der Waals surface area contributed by atoms with Gasteiger partial charge in [-0.3, -0.25) is 10.1 Å². The maximum absolute atomic E-state index is 10.8. The molecular weight excluding hydrogens is 298 g/mol. The molecule has 0 bridgehead atoms. The van der Waals surface area contributed by atoms with Crippen molar-refractivity contribution in [3.8, 4) is 0 Å². The lowest BCUT2D eigenvalue weighted by molar-refractivity contribution is -0.384. The van der Waals surface area contributed by atoms with E-state index in [9.17, 15) is 10.1 Å². The Balaban J connectivity index is 2.58. The van der Waals surface area contributed by atoms with E-state index in [1.54, 1.807) is 12.1 Å². The molecule has 24 heavy (non-hydrogen) atoms. The molecule has 0 aliphatic carbocycles. The zero-order chi connectivity index (χ0) is 18.2. The summed E-state index contributed by atoms with van der Waals surface area (Å²) >= 11 is 0. The molecule has 0 N–H and O–H groups in total. The Morgan fingerprint density at radius 2 is 1.38 bits per heavy atom. The number of hydrogen-bond donors (Lipinski definition) is 0. The standard InChI is InChI=1S/C21H35NO2/c1-6-7-8-9-10-11-12-17-20(2,3)21(4,5)18-13-15-19(16-14-18)22(23)24/h13-16H,6-12,17H2,1-5H3. The van der Waals surface area contributed by atoms with Crippen LogP contribution in [0.4, 0.5) is 5.69 Å². The molecule has 0 radical (unpaired) electrons. The highest BCUT2D eigenvalue weighted by atomic mass is 16.6. The summed E-state index contributed by atoms with van der Waals surface area (Å²) in [6, 6.07) is 7.09. The molecule has 0 aliphatic heterocycles. The average molecular weight is 334 g/mol. The van der Waals surface area contributed by atoms with Crippen molar-refractivity contribution >= 4 is 5.69 Å². The lowest BCUT2D eigenvalue weighted by atomic mass is 9.62. The summed E-state index contributed by atoms with van der Waals surface area (Å²) in [5.41, 5.74) is 1.50. The highest BCUT2D eigenvalue weighted by Gasteiger charge is 2.37. The van der Waals surface area contributed by atoms with Crippen molar-refractivity contribution < 1.29 is 4.92 Å². The third-order valence-electron chi connectivity index (χ3n) is 5.90. The van der Waals surface area contributed by atoms with E-state index in [-0.39, 0.29) is 21.4 Å². The Morgan fingerprint density at radius 3 is 1.88 bits per heavy atom. The molecule has 0 fully saturated rings. The molecule has 0 atom stereocenters. The third-order valence-corrected chi connectivity index (χ3v) is 5.90. The highest BCUT2D eigenvalue weighted by Crippen LogP contribution is 2.45. The van der Waals surface area contributed by atoms with Gasteiger partial charge in [-0.2, -0.15) is 0 Å². The van der Waals surface area contributed by atoms with E-state index in [1.165, 1.54) is 56.9 Å². The molecule has 0 amide bonds. The second-order valence-electron chi connectivity index (χ2n) is 8.18. The first-order valence-electron chi connectivity index (χ1n) is 9.47. The molecule has 1 rings (SSSR count). The molecule has 1 aromatic carbocycles. The van der Waals surface area contributed by atoms with Crippen LogP contribution >= 0.6 is 0 Å². The van der Waals surface area contributed by atoms with Gasteiger partial charge in [-0.25, -0.2) is 0 Å². The Morgan fingerprint density at radius 1 is 0.875 bits per heavy atom. The van der Waals surface area contributed by atoms with Gasteiger partial charge in [0.1, 0.15) is 0 Å². The van der Waals surface area contributed by atoms with Gasteiger partial charge in [0.05, 0.1) is 4.92 Å². The van der Waals surface area contributed by atoms with Crippen LogP contribution < -0.4 is 0 Å². The molecule has 0 saturated heterocycles. The fourth-order valence-corrected chi connectivity index (χ4v) is 3.23. The predicted octanol–water partition coefficient (Wildman–Crippen LogP) is 7.04. The first kappa shape index (κ1) is 20.7. The van der Waals surface area contributed by atoms with Gasteiger partial charge in [-0.05, 0) is 22.8 Å². The number of unbranched alkanes of at least 4 members (excludes halogenated alkanes) is 6. The van der Waals surface area contributed by atoms with Crippen LogP contribution in [-0.4, -0.2) is 4.92 Å². The summed E-state index contributed by atoms with van der Waals surface area (Å²) in [6.45, 7) is 11.4. The van der Waals surface area contributed by atoms with E-state index in [2.05, 4.69) is 34.6 Å². The predicted molar refractivity (Wildman–Crippen MR) is 103 cm³/mol. The van der Waals surface area contributed by atoms with Gasteiger partial charge in [0.2, 0.25) is 0 Å².